The Bertz CT molecular complexity index is 1170. The summed E-state index contributed by atoms with van der Waals surface area (Å²) in [7, 11) is 0. The second-order valence-electron chi connectivity index (χ2n) is 12.2. The molecule has 2 heterocycles. The molecule has 1 amide bonds. The topological polar surface area (TPSA) is 123 Å². The highest BCUT2D eigenvalue weighted by Crippen LogP contribution is 2.52. The molecule has 0 radical (unpaired) electrons. The van der Waals surface area contributed by atoms with E-state index in [0.29, 0.717) is 5.82 Å². The minimum Gasteiger partial charge on any atom is -0.370 e. The molecule has 1 saturated heterocycles. The number of nitrogens with zero attached hydrogens (tertiary/aromatic N) is 4. The summed E-state index contributed by atoms with van der Waals surface area (Å²) in [5, 5.41) is 4.54. The molecular weight excluding hydrogens is 438 g/mol. The molecule has 0 spiro atoms. The average Bonchev–Trinajstić information content (AvgIpc) is 3.02. The third kappa shape index (κ3) is 4.80. The molecule has 3 fully saturated rings. The summed E-state index contributed by atoms with van der Waals surface area (Å²) >= 11 is 0. The van der Waals surface area contributed by atoms with E-state index in [2.05, 4.69) is 44.1 Å². The third-order valence-corrected chi connectivity index (χ3v) is 8.08. The fraction of sp³-hybridized carbons (Fsp3) is 0.630. The Labute approximate surface area is 208 Å². The van der Waals surface area contributed by atoms with Gasteiger partial charge in [-0.3, -0.25) is 4.79 Å². The summed E-state index contributed by atoms with van der Waals surface area (Å²) in [5.41, 5.74) is 13.7. The molecule has 8 nitrogen and oxygen atoms in total. The van der Waals surface area contributed by atoms with E-state index in [-0.39, 0.29) is 46.6 Å². The zero-order valence-corrected chi connectivity index (χ0v) is 21.5. The Kier molecular flexibility index (Phi) is 5.88. The number of amides is 1. The first-order valence-corrected chi connectivity index (χ1v) is 13.0. The maximum Gasteiger partial charge on any atom is 0.292 e. The normalized spacial score (nSPS) is 29.7. The number of fused-ring (bicyclic) bond motifs is 3. The average molecular weight is 478 g/mol. The zero-order valence-electron chi connectivity index (χ0n) is 21.5. The van der Waals surface area contributed by atoms with Crippen LogP contribution in [0, 0.1) is 17.8 Å². The van der Waals surface area contributed by atoms with Gasteiger partial charge in [0.2, 0.25) is 5.82 Å². The van der Waals surface area contributed by atoms with Crippen molar-refractivity contribution in [3.8, 4) is 0 Å². The van der Waals surface area contributed by atoms with Gasteiger partial charge in [-0.05, 0) is 62.0 Å². The van der Waals surface area contributed by atoms with E-state index >= 15 is 0 Å². The van der Waals surface area contributed by atoms with Crippen LogP contribution in [0.2, 0.25) is 0 Å². The number of nitrogens with one attached hydrogen (secondary N) is 1. The Morgan fingerprint density at radius 2 is 1.91 bits per heavy atom. The van der Waals surface area contributed by atoms with E-state index < -0.39 is 0 Å². The quantitative estimate of drug-likeness (QED) is 0.452. The predicted octanol–water partition coefficient (Wildman–Crippen LogP) is 3.98. The molecule has 5 rings (SSSR count). The maximum absolute atomic E-state index is 13.8. The van der Waals surface area contributed by atoms with Gasteiger partial charge >= 0.3 is 0 Å². The van der Waals surface area contributed by atoms with Crippen molar-refractivity contribution in [1.29, 1.82) is 0 Å². The fourth-order valence-corrected chi connectivity index (χ4v) is 7.08. The van der Waals surface area contributed by atoms with Crippen molar-refractivity contribution in [3.63, 3.8) is 0 Å². The SMILES string of the molecule is Cc1ccc2nc(C(=O)N3C[C@]4(C)CC3CC(C)(C)C4)nc(NC3CCCCC3N=C(N)N)c2c1. The molecule has 188 valence electrons. The lowest BCUT2D eigenvalue weighted by Gasteiger charge is -2.39. The van der Waals surface area contributed by atoms with Crippen LogP contribution >= 0.6 is 0 Å². The van der Waals surface area contributed by atoms with E-state index in [1.54, 1.807) is 0 Å². The van der Waals surface area contributed by atoms with Crippen molar-refractivity contribution in [2.45, 2.75) is 90.8 Å². The summed E-state index contributed by atoms with van der Waals surface area (Å²) in [6.07, 6.45) is 7.29. The standard InChI is InChI=1S/C27H39N7O/c1-16-9-10-19-18(11-16)22(31-20-7-5-6-8-21(20)32-25(28)29)33-23(30-19)24(35)34-15-27(4)13-17(34)12-26(2,3)14-27/h9-11,17,20-21H,5-8,12-15H2,1-4H3,(H4,28,29,32)(H,30,31,33)/t17?,20?,21?,27-/m1/s1. The van der Waals surface area contributed by atoms with Gasteiger partial charge in [-0.25, -0.2) is 15.0 Å². The molecule has 1 aromatic heterocycles. The van der Waals surface area contributed by atoms with Crippen LogP contribution in [0.1, 0.15) is 81.9 Å². The lowest BCUT2D eigenvalue weighted by Crippen LogP contribution is -2.39. The van der Waals surface area contributed by atoms with Crippen molar-refractivity contribution in [3.05, 3.63) is 29.6 Å². The molecule has 2 bridgehead atoms. The van der Waals surface area contributed by atoms with Gasteiger partial charge in [0.15, 0.2) is 5.96 Å². The lowest BCUT2D eigenvalue weighted by molar-refractivity contribution is 0.0696. The molecule has 2 saturated carbocycles. The van der Waals surface area contributed by atoms with Gasteiger partial charge in [0, 0.05) is 18.0 Å². The summed E-state index contributed by atoms with van der Waals surface area (Å²) < 4.78 is 0. The van der Waals surface area contributed by atoms with Crippen LogP contribution in [0.5, 0.6) is 0 Å². The summed E-state index contributed by atoms with van der Waals surface area (Å²) in [6, 6.07) is 6.38. The molecular formula is C27H39N7O. The molecule has 3 aliphatic rings. The number of nitrogens with two attached hydrogens (primary N) is 2. The number of aliphatic imine (C=N–C) groups is 1. The molecule has 35 heavy (non-hydrogen) atoms. The van der Waals surface area contributed by atoms with Crippen LogP contribution in [0.15, 0.2) is 23.2 Å². The van der Waals surface area contributed by atoms with Crippen LogP contribution in [0.25, 0.3) is 10.9 Å². The van der Waals surface area contributed by atoms with Crippen molar-refractivity contribution >= 4 is 28.6 Å². The summed E-state index contributed by atoms with van der Waals surface area (Å²) in [5.74, 6) is 1.01. The number of guanidine groups is 1. The first-order valence-electron chi connectivity index (χ1n) is 13.0. The van der Waals surface area contributed by atoms with Gasteiger partial charge in [-0.2, -0.15) is 0 Å². The lowest BCUT2D eigenvalue weighted by atomic mass is 9.65. The highest BCUT2D eigenvalue weighted by Gasteiger charge is 2.51. The Morgan fingerprint density at radius 3 is 2.69 bits per heavy atom. The van der Waals surface area contributed by atoms with Crippen molar-refractivity contribution in [2.75, 3.05) is 11.9 Å². The number of anilines is 1. The van der Waals surface area contributed by atoms with E-state index in [1.807, 2.05) is 17.0 Å². The third-order valence-electron chi connectivity index (χ3n) is 8.08. The van der Waals surface area contributed by atoms with Crippen LogP contribution in [0.4, 0.5) is 5.82 Å². The van der Waals surface area contributed by atoms with Gasteiger partial charge in [0.05, 0.1) is 17.6 Å². The molecule has 1 aromatic carbocycles. The van der Waals surface area contributed by atoms with Gasteiger partial charge in [-0.15, -0.1) is 0 Å². The second-order valence-corrected chi connectivity index (χ2v) is 12.2. The number of rotatable bonds is 4. The largest absolute Gasteiger partial charge is 0.370 e. The minimum absolute atomic E-state index is 0.0114. The van der Waals surface area contributed by atoms with Gasteiger partial charge in [0.1, 0.15) is 5.82 Å². The molecule has 2 aromatic rings. The number of hydrogen-bond acceptors (Lipinski definition) is 5. The molecule has 8 heteroatoms. The van der Waals surface area contributed by atoms with Crippen molar-refractivity contribution < 1.29 is 4.79 Å². The molecule has 3 unspecified atom stereocenters. The minimum atomic E-state index is -0.0635. The number of carbonyl (C=O) groups excluding carboxylic acids is 1. The Hall–Kier alpha value is -2.90. The summed E-state index contributed by atoms with van der Waals surface area (Å²) in [6.45, 7) is 9.78. The number of benzene rings is 1. The zero-order chi connectivity index (χ0) is 25.0. The van der Waals surface area contributed by atoms with E-state index in [9.17, 15) is 4.79 Å². The van der Waals surface area contributed by atoms with Crippen molar-refractivity contribution in [2.24, 2.45) is 27.3 Å². The van der Waals surface area contributed by atoms with Crippen LogP contribution in [0.3, 0.4) is 0 Å². The number of likely N-dealkylation sites (tertiary alicyclic amines) is 1. The Balaban J connectivity index is 1.50. The smallest absolute Gasteiger partial charge is 0.292 e. The second kappa shape index (κ2) is 8.64. The summed E-state index contributed by atoms with van der Waals surface area (Å²) in [4.78, 5) is 29.9. The van der Waals surface area contributed by atoms with E-state index in [1.165, 1.54) is 0 Å². The number of hydrogen-bond donors (Lipinski definition) is 3. The first-order chi connectivity index (χ1) is 16.5. The number of aryl methyl sites for hydroxylation is 1. The Morgan fingerprint density at radius 1 is 1.14 bits per heavy atom. The van der Waals surface area contributed by atoms with E-state index in [0.717, 1.165) is 68.0 Å². The molecule has 5 N–H and O–H groups in total. The maximum atomic E-state index is 13.8. The van der Waals surface area contributed by atoms with Crippen LogP contribution in [-0.2, 0) is 0 Å². The predicted molar refractivity (Wildman–Crippen MR) is 140 cm³/mol. The van der Waals surface area contributed by atoms with Crippen LogP contribution < -0.4 is 16.8 Å². The van der Waals surface area contributed by atoms with Crippen molar-refractivity contribution in [1.82, 2.24) is 14.9 Å². The van der Waals surface area contributed by atoms with Gasteiger partial charge in [0.25, 0.3) is 5.91 Å². The molecule has 2 aliphatic carbocycles. The monoisotopic (exact) mass is 477 g/mol. The van der Waals surface area contributed by atoms with Crippen LogP contribution in [-0.4, -0.2) is 51.4 Å². The van der Waals surface area contributed by atoms with Gasteiger partial charge in [-0.1, -0.05) is 45.2 Å². The highest BCUT2D eigenvalue weighted by molar-refractivity contribution is 5.97. The molecule has 4 atom stereocenters. The highest BCUT2D eigenvalue weighted by atomic mass is 16.2. The van der Waals surface area contributed by atoms with E-state index in [4.69, 9.17) is 21.4 Å². The van der Waals surface area contributed by atoms with Gasteiger partial charge < -0.3 is 21.7 Å². The fourth-order valence-electron chi connectivity index (χ4n) is 7.08. The first kappa shape index (κ1) is 23.8. The molecule has 1 aliphatic heterocycles. The number of aromatic nitrogens is 2. The number of carbonyl (C=O) groups is 1.